The number of unbranched alkanes of at least 4 members (excludes halogenated alkanes) is 1. The lowest BCUT2D eigenvalue weighted by Gasteiger charge is -2.26. The van der Waals surface area contributed by atoms with E-state index in [1.165, 1.54) is 12.8 Å². The van der Waals surface area contributed by atoms with Gasteiger partial charge in [-0.15, -0.1) is 0 Å². The van der Waals surface area contributed by atoms with Crippen LogP contribution in [0.5, 0.6) is 0 Å². The molecule has 1 atom stereocenters. The Morgan fingerprint density at radius 1 is 1.41 bits per heavy atom. The zero-order valence-electron chi connectivity index (χ0n) is 11.4. The standard InChI is InChI=1S/C14H26N2O/c1-4-5-8-16(11-14(15)12(2)3)10-13-7-6-9-17-13/h6-7,9,12,14H,4-5,8,10-11,15H2,1-3H3/t14-/m1/s1. The fourth-order valence-corrected chi connectivity index (χ4v) is 1.75. The van der Waals surface area contributed by atoms with Crippen molar-refractivity contribution in [3.8, 4) is 0 Å². The maximum atomic E-state index is 6.15. The lowest BCUT2D eigenvalue weighted by Crippen LogP contribution is -2.40. The van der Waals surface area contributed by atoms with E-state index in [0.29, 0.717) is 5.92 Å². The summed E-state index contributed by atoms with van der Waals surface area (Å²) < 4.78 is 5.40. The summed E-state index contributed by atoms with van der Waals surface area (Å²) in [6, 6.07) is 4.21. The van der Waals surface area contributed by atoms with E-state index in [0.717, 1.165) is 25.4 Å². The van der Waals surface area contributed by atoms with Crippen LogP contribution in [0.1, 0.15) is 39.4 Å². The summed E-state index contributed by atoms with van der Waals surface area (Å²) in [7, 11) is 0. The van der Waals surface area contributed by atoms with Gasteiger partial charge in [-0.05, 0) is 31.0 Å². The van der Waals surface area contributed by atoms with E-state index in [1.54, 1.807) is 6.26 Å². The summed E-state index contributed by atoms with van der Waals surface area (Å²) in [5, 5.41) is 0. The SMILES string of the molecule is CCCCN(Cc1ccco1)C[C@@H](N)C(C)C. The minimum absolute atomic E-state index is 0.238. The second-order valence-corrected chi connectivity index (χ2v) is 5.08. The van der Waals surface area contributed by atoms with Crippen LogP contribution < -0.4 is 5.73 Å². The molecular formula is C14H26N2O. The van der Waals surface area contributed by atoms with Gasteiger partial charge < -0.3 is 10.2 Å². The van der Waals surface area contributed by atoms with Crippen molar-refractivity contribution >= 4 is 0 Å². The molecule has 1 aromatic rings. The van der Waals surface area contributed by atoms with Crippen molar-refractivity contribution in [2.75, 3.05) is 13.1 Å². The van der Waals surface area contributed by atoms with Crippen molar-refractivity contribution in [2.24, 2.45) is 11.7 Å². The fraction of sp³-hybridized carbons (Fsp3) is 0.714. The van der Waals surface area contributed by atoms with Gasteiger partial charge in [-0.1, -0.05) is 27.2 Å². The summed E-state index contributed by atoms with van der Waals surface area (Å²) in [4.78, 5) is 2.40. The molecule has 1 heterocycles. The van der Waals surface area contributed by atoms with Crippen molar-refractivity contribution in [3.63, 3.8) is 0 Å². The Kier molecular flexibility index (Phi) is 6.30. The van der Waals surface area contributed by atoms with Crippen LogP contribution >= 0.6 is 0 Å². The van der Waals surface area contributed by atoms with Crippen LogP contribution in [0.4, 0.5) is 0 Å². The van der Waals surface area contributed by atoms with Gasteiger partial charge in [0.15, 0.2) is 0 Å². The van der Waals surface area contributed by atoms with E-state index in [2.05, 4.69) is 25.7 Å². The van der Waals surface area contributed by atoms with Crippen molar-refractivity contribution in [1.29, 1.82) is 0 Å². The molecule has 1 aromatic heterocycles. The molecule has 0 aliphatic carbocycles. The second kappa shape index (κ2) is 7.51. The molecule has 0 unspecified atom stereocenters. The van der Waals surface area contributed by atoms with Crippen molar-refractivity contribution < 1.29 is 4.42 Å². The minimum Gasteiger partial charge on any atom is -0.468 e. The highest BCUT2D eigenvalue weighted by Gasteiger charge is 2.14. The van der Waals surface area contributed by atoms with Gasteiger partial charge in [0.25, 0.3) is 0 Å². The van der Waals surface area contributed by atoms with Crippen LogP contribution in [0, 0.1) is 5.92 Å². The van der Waals surface area contributed by atoms with Crippen LogP contribution in [0.2, 0.25) is 0 Å². The highest BCUT2D eigenvalue weighted by Crippen LogP contribution is 2.09. The second-order valence-electron chi connectivity index (χ2n) is 5.08. The molecule has 0 fully saturated rings. The Balaban J connectivity index is 2.47. The molecule has 0 aliphatic rings. The number of nitrogens with zero attached hydrogens (tertiary/aromatic N) is 1. The molecule has 17 heavy (non-hydrogen) atoms. The quantitative estimate of drug-likeness (QED) is 0.757. The normalized spacial score (nSPS) is 13.5. The summed E-state index contributed by atoms with van der Waals surface area (Å²) >= 11 is 0. The molecule has 98 valence electrons. The van der Waals surface area contributed by atoms with Gasteiger partial charge in [0, 0.05) is 12.6 Å². The monoisotopic (exact) mass is 238 g/mol. The molecule has 1 rings (SSSR count). The Morgan fingerprint density at radius 2 is 2.18 bits per heavy atom. The zero-order valence-corrected chi connectivity index (χ0v) is 11.4. The molecular weight excluding hydrogens is 212 g/mol. The third-order valence-corrected chi connectivity index (χ3v) is 3.11. The smallest absolute Gasteiger partial charge is 0.117 e. The average molecular weight is 238 g/mol. The van der Waals surface area contributed by atoms with Gasteiger partial charge >= 0.3 is 0 Å². The molecule has 0 bridgehead atoms. The van der Waals surface area contributed by atoms with Gasteiger partial charge in [0.2, 0.25) is 0 Å². The number of furan rings is 1. The molecule has 0 radical (unpaired) electrons. The summed E-state index contributed by atoms with van der Waals surface area (Å²) in [6.45, 7) is 9.47. The molecule has 3 heteroatoms. The topological polar surface area (TPSA) is 42.4 Å². The number of nitrogens with two attached hydrogens (primary N) is 1. The first kappa shape index (κ1) is 14.3. The van der Waals surface area contributed by atoms with E-state index in [-0.39, 0.29) is 6.04 Å². The molecule has 0 spiro atoms. The van der Waals surface area contributed by atoms with Crippen molar-refractivity contribution in [2.45, 2.75) is 46.2 Å². The molecule has 0 saturated heterocycles. The average Bonchev–Trinajstić information content (AvgIpc) is 2.78. The first-order valence-electron chi connectivity index (χ1n) is 6.63. The van der Waals surface area contributed by atoms with Crippen LogP contribution in [0.25, 0.3) is 0 Å². The molecule has 0 saturated carbocycles. The lowest BCUT2D eigenvalue weighted by atomic mass is 10.0. The maximum Gasteiger partial charge on any atom is 0.117 e. The first-order valence-corrected chi connectivity index (χ1v) is 6.63. The third-order valence-electron chi connectivity index (χ3n) is 3.11. The van der Waals surface area contributed by atoms with Crippen molar-refractivity contribution in [1.82, 2.24) is 4.90 Å². The number of rotatable bonds is 8. The van der Waals surface area contributed by atoms with E-state index in [4.69, 9.17) is 10.2 Å². The first-order chi connectivity index (χ1) is 8.13. The Hall–Kier alpha value is -0.800. The van der Waals surface area contributed by atoms with E-state index < -0.39 is 0 Å². The van der Waals surface area contributed by atoms with Crippen molar-refractivity contribution in [3.05, 3.63) is 24.2 Å². The van der Waals surface area contributed by atoms with Crippen LogP contribution in [0.15, 0.2) is 22.8 Å². The van der Waals surface area contributed by atoms with E-state index in [9.17, 15) is 0 Å². The molecule has 0 amide bonds. The molecule has 3 nitrogen and oxygen atoms in total. The van der Waals surface area contributed by atoms with Gasteiger partial charge in [-0.25, -0.2) is 0 Å². The van der Waals surface area contributed by atoms with Gasteiger partial charge in [-0.2, -0.15) is 0 Å². The molecule has 0 aromatic carbocycles. The highest BCUT2D eigenvalue weighted by molar-refractivity contribution is 4.98. The Morgan fingerprint density at radius 3 is 2.71 bits per heavy atom. The van der Waals surface area contributed by atoms with Crippen LogP contribution in [0.3, 0.4) is 0 Å². The molecule has 0 aliphatic heterocycles. The van der Waals surface area contributed by atoms with Gasteiger partial charge in [0.1, 0.15) is 5.76 Å². The maximum absolute atomic E-state index is 6.15. The van der Waals surface area contributed by atoms with Gasteiger partial charge in [-0.3, -0.25) is 4.90 Å². The Bertz CT molecular complexity index is 282. The zero-order chi connectivity index (χ0) is 12.7. The lowest BCUT2D eigenvalue weighted by molar-refractivity contribution is 0.211. The van der Waals surface area contributed by atoms with E-state index >= 15 is 0 Å². The van der Waals surface area contributed by atoms with Crippen LogP contribution in [-0.4, -0.2) is 24.0 Å². The summed E-state index contributed by atoms with van der Waals surface area (Å²) in [5.74, 6) is 1.55. The van der Waals surface area contributed by atoms with Crippen LogP contribution in [-0.2, 0) is 6.54 Å². The predicted molar refractivity (Wildman–Crippen MR) is 71.7 cm³/mol. The Labute approximate surface area is 105 Å². The van der Waals surface area contributed by atoms with Gasteiger partial charge in [0.05, 0.1) is 12.8 Å². The predicted octanol–water partition coefficient (Wildman–Crippen LogP) is 2.87. The fourth-order valence-electron chi connectivity index (χ4n) is 1.75. The van der Waals surface area contributed by atoms with E-state index in [1.807, 2.05) is 12.1 Å². The summed E-state index contributed by atoms with van der Waals surface area (Å²) in [5.41, 5.74) is 6.15. The highest BCUT2D eigenvalue weighted by atomic mass is 16.3. The number of hydrogen-bond acceptors (Lipinski definition) is 3. The largest absolute Gasteiger partial charge is 0.468 e. The minimum atomic E-state index is 0.238. The summed E-state index contributed by atoms with van der Waals surface area (Å²) in [6.07, 6.45) is 4.16. The third kappa shape index (κ3) is 5.37. The molecule has 2 N–H and O–H groups in total. The number of hydrogen-bond donors (Lipinski definition) is 1.